The molecule has 138 valence electrons. The van der Waals surface area contributed by atoms with Crippen molar-refractivity contribution >= 4 is 35.2 Å². The van der Waals surface area contributed by atoms with E-state index in [1.54, 1.807) is 36.7 Å². The molecular formula is C20H23ClN2O2S. The molecule has 0 bridgehead atoms. The van der Waals surface area contributed by atoms with Gasteiger partial charge in [-0.2, -0.15) is 0 Å². The van der Waals surface area contributed by atoms with Crippen LogP contribution in [0.3, 0.4) is 0 Å². The molecule has 2 aromatic rings. The molecule has 0 unspecified atom stereocenters. The maximum Gasteiger partial charge on any atom is 0.242 e. The van der Waals surface area contributed by atoms with Crippen molar-refractivity contribution in [3.05, 3.63) is 65.2 Å². The summed E-state index contributed by atoms with van der Waals surface area (Å²) in [5, 5.41) is 3.23. The quantitative estimate of drug-likeness (QED) is 0.693. The van der Waals surface area contributed by atoms with Gasteiger partial charge in [-0.3, -0.25) is 9.59 Å². The third kappa shape index (κ3) is 6.07. The molecule has 2 amide bonds. The van der Waals surface area contributed by atoms with Gasteiger partial charge in [-0.05, 0) is 36.8 Å². The second-order valence-corrected chi connectivity index (χ2v) is 7.46. The van der Waals surface area contributed by atoms with Crippen LogP contribution in [0.2, 0.25) is 5.02 Å². The number of nitrogens with zero attached hydrogens (tertiary/aromatic N) is 1. The molecule has 0 radical (unpaired) electrons. The summed E-state index contributed by atoms with van der Waals surface area (Å²) in [6.45, 7) is 2.09. The summed E-state index contributed by atoms with van der Waals surface area (Å²) in [5.41, 5.74) is 0.900. The number of amides is 2. The van der Waals surface area contributed by atoms with Crippen LogP contribution in [0, 0.1) is 0 Å². The third-order valence-corrected chi connectivity index (χ3v) is 5.23. The fourth-order valence-corrected chi connectivity index (χ4v) is 3.61. The van der Waals surface area contributed by atoms with E-state index < -0.39 is 6.04 Å². The largest absolute Gasteiger partial charge is 0.357 e. The SMILES string of the molecule is CNC(=O)[C@@H](C)N(Cc1cccc(Cl)c1)C(=O)CCSc1ccccc1. The van der Waals surface area contributed by atoms with E-state index in [1.807, 2.05) is 48.5 Å². The number of hydrogen-bond donors (Lipinski definition) is 1. The van der Waals surface area contributed by atoms with Crippen LogP contribution in [0.25, 0.3) is 0 Å². The molecule has 4 nitrogen and oxygen atoms in total. The maximum absolute atomic E-state index is 12.8. The van der Waals surface area contributed by atoms with Gasteiger partial charge in [0.05, 0.1) is 0 Å². The number of thioether (sulfide) groups is 1. The third-order valence-electron chi connectivity index (χ3n) is 3.98. The molecule has 0 heterocycles. The van der Waals surface area contributed by atoms with Crippen LogP contribution in [0.5, 0.6) is 0 Å². The number of benzene rings is 2. The first-order chi connectivity index (χ1) is 12.5. The monoisotopic (exact) mass is 390 g/mol. The molecule has 0 saturated carbocycles. The molecule has 0 aliphatic heterocycles. The summed E-state index contributed by atoms with van der Waals surface area (Å²) < 4.78 is 0. The van der Waals surface area contributed by atoms with Gasteiger partial charge in [0, 0.05) is 35.7 Å². The number of halogens is 1. The lowest BCUT2D eigenvalue weighted by atomic mass is 10.1. The first kappa shape index (κ1) is 20.3. The van der Waals surface area contributed by atoms with E-state index in [-0.39, 0.29) is 11.8 Å². The Balaban J connectivity index is 2.04. The van der Waals surface area contributed by atoms with Crippen molar-refractivity contribution in [3.63, 3.8) is 0 Å². The summed E-state index contributed by atoms with van der Waals surface area (Å²) in [6, 6.07) is 16.8. The van der Waals surface area contributed by atoms with Gasteiger partial charge in [-0.25, -0.2) is 0 Å². The number of carbonyl (C=O) groups excluding carboxylic acids is 2. The number of rotatable bonds is 8. The lowest BCUT2D eigenvalue weighted by molar-refractivity contribution is -0.140. The zero-order valence-electron chi connectivity index (χ0n) is 14.9. The molecule has 0 spiro atoms. The van der Waals surface area contributed by atoms with E-state index in [1.165, 1.54) is 0 Å². The van der Waals surface area contributed by atoms with Crippen LogP contribution in [-0.2, 0) is 16.1 Å². The van der Waals surface area contributed by atoms with Gasteiger partial charge in [-0.15, -0.1) is 11.8 Å². The van der Waals surface area contributed by atoms with Gasteiger partial charge in [0.2, 0.25) is 11.8 Å². The minimum Gasteiger partial charge on any atom is -0.357 e. The Hall–Kier alpha value is -1.98. The second-order valence-electron chi connectivity index (χ2n) is 5.85. The number of likely N-dealkylation sites (N-methyl/N-ethyl adjacent to an activating group) is 1. The zero-order chi connectivity index (χ0) is 18.9. The normalized spacial score (nSPS) is 11.7. The zero-order valence-corrected chi connectivity index (χ0v) is 16.5. The van der Waals surface area contributed by atoms with Gasteiger partial charge < -0.3 is 10.2 Å². The van der Waals surface area contributed by atoms with Crippen molar-refractivity contribution in [2.45, 2.75) is 30.8 Å². The Morgan fingerprint density at radius 2 is 1.88 bits per heavy atom. The van der Waals surface area contributed by atoms with Crippen molar-refractivity contribution in [2.75, 3.05) is 12.8 Å². The minimum atomic E-state index is -0.548. The van der Waals surface area contributed by atoms with Crippen LogP contribution in [-0.4, -0.2) is 35.6 Å². The Labute approximate surface area is 163 Å². The summed E-state index contributed by atoms with van der Waals surface area (Å²) in [6.07, 6.45) is 0.363. The fraction of sp³-hybridized carbons (Fsp3) is 0.300. The topological polar surface area (TPSA) is 49.4 Å². The van der Waals surface area contributed by atoms with Gasteiger partial charge in [0.15, 0.2) is 0 Å². The number of carbonyl (C=O) groups is 2. The van der Waals surface area contributed by atoms with E-state index >= 15 is 0 Å². The van der Waals surface area contributed by atoms with Crippen LogP contribution in [0.1, 0.15) is 18.9 Å². The molecule has 2 aromatic carbocycles. The van der Waals surface area contributed by atoms with Crippen molar-refractivity contribution in [1.29, 1.82) is 0 Å². The molecule has 0 fully saturated rings. The van der Waals surface area contributed by atoms with E-state index in [4.69, 9.17) is 11.6 Å². The van der Waals surface area contributed by atoms with Crippen LogP contribution in [0.15, 0.2) is 59.5 Å². The van der Waals surface area contributed by atoms with Crippen LogP contribution in [0.4, 0.5) is 0 Å². The molecule has 0 aliphatic carbocycles. The second kappa shape index (κ2) is 10.2. The highest BCUT2D eigenvalue weighted by Crippen LogP contribution is 2.20. The van der Waals surface area contributed by atoms with Crippen molar-refractivity contribution < 1.29 is 9.59 Å². The first-order valence-corrected chi connectivity index (χ1v) is 9.81. The van der Waals surface area contributed by atoms with Crippen molar-refractivity contribution in [3.8, 4) is 0 Å². The maximum atomic E-state index is 12.8. The van der Waals surface area contributed by atoms with Crippen molar-refractivity contribution in [1.82, 2.24) is 10.2 Å². The van der Waals surface area contributed by atoms with Gasteiger partial charge >= 0.3 is 0 Å². The van der Waals surface area contributed by atoms with Crippen molar-refractivity contribution in [2.24, 2.45) is 0 Å². The average molecular weight is 391 g/mol. The highest BCUT2D eigenvalue weighted by molar-refractivity contribution is 7.99. The highest BCUT2D eigenvalue weighted by atomic mass is 35.5. The van der Waals surface area contributed by atoms with E-state index in [0.29, 0.717) is 23.7 Å². The van der Waals surface area contributed by atoms with E-state index in [9.17, 15) is 9.59 Å². The Morgan fingerprint density at radius 3 is 2.54 bits per heavy atom. The molecule has 0 saturated heterocycles. The van der Waals surface area contributed by atoms with Crippen LogP contribution >= 0.6 is 23.4 Å². The lowest BCUT2D eigenvalue weighted by Crippen LogP contribution is -2.46. The molecule has 6 heteroatoms. The molecule has 0 aliphatic rings. The summed E-state index contributed by atoms with van der Waals surface area (Å²) in [4.78, 5) is 27.6. The minimum absolute atomic E-state index is 0.0514. The van der Waals surface area contributed by atoms with E-state index in [0.717, 1.165) is 10.5 Å². The Morgan fingerprint density at radius 1 is 1.15 bits per heavy atom. The Kier molecular flexibility index (Phi) is 8.01. The summed E-state index contributed by atoms with van der Waals surface area (Å²) in [7, 11) is 1.58. The molecule has 2 rings (SSSR count). The lowest BCUT2D eigenvalue weighted by Gasteiger charge is -2.28. The first-order valence-electron chi connectivity index (χ1n) is 8.44. The predicted octanol–water partition coefficient (Wildman–Crippen LogP) is 3.99. The summed E-state index contributed by atoms with van der Waals surface area (Å²) >= 11 is 7.67. The molecule has 26 heavy (non-hydrogen) atoms. The average Bonchev–Trinajstić information content (AvgIpc) is 2.65. The van der Waals surface area contributed by atoms with E-state index in [2.05, 4.69) is 5.32 Å². The Bertz CT molecular complexity index is 740. The summed E-state index contributed by atoms with van der Waals surface area (Å²) in [5.74, 6) is 0.427. The number of hydrogen-bond acceptors (Lipinski definition) is 3. The van der Waals surface area contributed by atoms with Crippen LogP contribution < -0.4 is 5.32 Å². The highest BCUT2D eigenvalue weighted by Gasteiger charge is 2.25. The molecular weight excluding hydrogens is 368 g/mol. The van der Waals surface area contributed by atoms with Gasteiger partial charge in [0.1, 0.15) is 6.04 Å². The fourth-order valence-electron chi connectivity index (χ4n) is 2.54. The standard InChI is InChI=1S/C20H23ClN2O2S/c1-15(20(25)22-2)23(14-16-7-6-8-17(21)13-16)19(24)11-12-26-18-9-4-3-5-10-18/h3-10,13,15H,11-12,14H2,1-2H3,(H,22,25)/t15-/m1/s1. The molecule has 1 N–H and O–H groups in total. The smallest absolute Gasteiger partial charge is 0.242 e. The predicted molar refractivity (Wildman–Crippen MR) is 107 cm³/mol. The molecule has 0 aromatic heterocycles. The number of nitrogens with one attached hydrogen (secondary N) is 1. The molecule has 1 atom stereocenters. The van der Waals surface area contributed by atoms with Gasteiger partial charge in [0.25, 0.3) is 0 Å². The van der Waals surface area contributed by atoms with Gasteiger partial charge in [-0.1, -0.05) is 41.9 Å².